The molecule has 3 aromatic rings. The lowest BCUT2D eigenvalue weighted by Gasteiger charge is -2.07. The van der Waals surface area contributed by atoms with Crippen LogP contribution < -0.4 is 4.74 Å². The molecule has 6 heteroatoms. The maximum atomic E-state index is 10.7. The number of fused-ring (bicyclic) bond motifs is 1. The molecule has 104 valence electrons. The number of nitro groups is 1. The zero-order valence-corrected chi connectivity index (χ0v) is 11.0. The maximum Gasteiger partial charge on any atom is 0.269 e. The van der Waals surface area contributed by atoms with E-state index >= 15 is 0 Å². The van der Waals surface area contributed by atoms with E-state index in [9.17, 15) is 10.1 Å². The third-order valence-corrected chi connectivity index (χ3v) is 3.00. The smallest absolute Gasteiger partial charge is 0.269 e. The lowest BCUT2D eigenvalue weighted by molar-refractivity contribution is -0.384. The lowest BCUT2D eigenvalue weighted by Crippen LogP contribution is -1.99. The molecule has 0 saturated carbocycles. The highest BCUT2D eigenvalue weighted by molar-refractivity contribution is 5.82. The first-order valence-electron chi connectivity index (χ1n) is 6.30. The Morgan fingerprint density at radius 3 is 2.81 bits per heavy atom. The van der Waals surface area contributed by atoms with Crippen molar-refractivity contribution in [1.82, 2.24) is 9.97 Å². The third kappa shape index (κ3) is 2.79. The Labute approximate surface area is 120 Å². The second kappa shape index (κ2) is 5.54. The summed E-state index contributed by atoms with van der Waals surface area (Å²) < 4.78 is 5.67. The monoisotopic (exact) mass is 281 g/mol. The SMILES string of the molecule is O=[N+]([O-])c1cccc(COc2ncnc3ccccc23)c1. The molecule has 0 amide bonds. The summed E-state index contributed by atoms with van der Waals surface area (Å²) in [5.41, 5.74) is 1.55. The Bertz CT molecular complexity index is 800. The van der Waals surface area contributed by atoms with E-state index in [1.807, 2.05) is 24.3 Å². The van der Waals surface area contributed by atoms with Gasteiger partial charge in [0.05, 0.1) is 15.8 Å². The molecule has 6 nitrogen and oxygen atoms in total. The van der Waals surface area contributed by atoms with E-state index in [4.69, 9.17) is 4.74 Å². The first-order valence-corrected chi connectivity index (χ1v) is 6.30. The van der Waals surface area contributed by atoms with E-state index in [0.717, 1.165) is 10.9 Å². The molecule has 0 spiro atoms. The fraction of sp³-hybridized carbons (Fsp3) is 0.0667. The number of benzene rings is 2. The average Bonchev–Trinajstić information content (AvgIpc) is 2.53. The van der Waals surface area contributed by atoms with Crippen LogP contribution in [0.15, 0.2) is 54.9 Å². The van der Waals surface area contributed by atoms with E-state index < -0.39 is 4.92 Å². The van der Waals surface area contributed by atoms with Crippen molar-refractivity contribution in [3.05, 3.63) is 70.5 Å². The molecule has 1 aromatic heterocycles. The number of ether oxygens (including phenoxy) is 1. The number of para-hydroxylation sites is 1. The van der Waals surface area contributed by atoms with E-state index in [0.29, 0.717) is 11.4 Å². The van der Waals surface area contributed by atoms with Crippen LogP contribution in [0.1, 0.15) is 5.56 Å². The van der Waals surface area contributed by atoms with Crippen LogP contribution in [-0.2, 0) is 6.61 Å². The highest BCUT2D eigenvalue weighted by Gasteiger charge is 2.08. The molecule has 0 saturated heterocycles. The topological polar surface area (TPSA) is 78.2 Å². The Morgan fingerprint density at radius 1 is 1.10 bits per heavy atom. The first kappa shape index (κ1) is 13.0. The van der Waals surface area contributed by atoms with E-state index in [1.165, 1.54) is 18.5 Å². The number of hydrogen-bond donors (Lipinski definition) is 0. The zero-order chi connectivity index (χ0) is 14.7. The Balaban J connectivity index is 1.84. The Morgan fingerprint density at radius 2 is 1.95 bits per heavy atom. The maximum absolute atomic E-state index is 10.7. The molecule has 0 aliphatic carbocycles. The van der Waals surface area contributed by atoms with Crippen LogP contribution in [-0.4, -0.2) is 14.9 Å². The van der Waals surface area contributed by atoms with Crippen molar-refractivity contribution in [3.8, 4) is 5.88 Å². The quantitative estimate of drug-likeness (QED) is 0.542. The molecule has 0 aliphatic rings. The Kier molecular flexibility index (Phi) is 3.42. The minimum absolute atomic E-state index is 0.0450. The summed E-state index contributed by atoms with van der Waals surface area (Å²) in [6.07, 6.45) is 1.44. The zero-order valence-electron chi connectivity index (χ0n) is 11.0. The van der Waals surface area contributed by atoms with Gasteiger partial charge in [-0.3, -0.25) is 10.1 Å². The molecule has 21 heavy (non-hydrogen) atoms. The second-order valence-electron chi connectivity index (χ2n) is 4.41. The number of aromatic nitrogens is 2. The number of nitrogens with zero attached hydrogens (tertiary/aromatic N) is 3. The van der Waals surface area contributed by atoms with Gasteiger partial charge in [0.25, 0.3) is 5.69 Å². The van der Waals surface area contributed by atoms with Crippen molar-refractivity contribution >= 4 is 16.6 Å². The van der Waals surface area contributed by atoms with E-state index in [-0.39, 0.29) is 12.3 Å². The van der Waals surface area contributed by atoms with Crippen molar-refractivity contribution in [2.75, 3.05) is 0 Å². The molecule has 0 aliphatic heterocycles. The van der Waals surface area contributed by atoms with Gasteiger partial charge in [-0.15, -0.1) is 0 Å². The summed E-state index contributed by atoms with van der Waals surface area (Å²) in [6, 6.07) is 13.9. The molecule has 0 unspecified atom stereocenters. The van der Waals surface area contributed by atoms with Crippen LogP contribution in [0.25, 0.3) is 10.9 Å². The predicted octanol–water partition coefficient (Wildman–Crippen LogP) is 3.12. The standard InChI is InChI=1S/C15H11N3O3/c19-18(20)12-5-3-4-11(8-12)9-21-15-13-6-1-2-7-14(13)16-10-17-15/h1-8,10H,9H2. The normalized spacial score (nSPS) is 10.5. The number of rotatable bonds is 4. The lowest BCUT2D eigenvalue weighted by atomic mass is 10.2. The molecular weight excluding hydrogens is 270 g/mol. The minimum atomic E-state index is -0.427. The van der Waals surface area contributed by atoms with Gasteiger partial charge in [-0.05, 0) is 17.7 Å². The van der Waals surface area contributed by atoms with Gasteiger partial charge in [-0.25, -0.2) is 9.97 Å². The van der Waals surface area contributed by atoms with Crippen molar-refractivity contribution in [1.29, 1.82) is 0 Å². The molecule has 0 bridgehead atoms. The number of non-ortho nitro benzene ring substituents is 1. The largest absolute Gasteiger partial charge is 0.472 e. The molecule has 0 N–H and O–H groups in total. The highest BCUT2D eigenvalue weighted by Crippen LogP contribution is 2.22. The highest BCUT2D eigenvalue weighted by atomic mass is 16.6. The van der Waals surface area contributed by atoms with Gasteiger partial charge < -0.3 is 4.74 Å². The summed E-state index contributed by atoms with van der Waals surface area (Å²) in [7, 11) is 0. The van der Waals surface area contributed by atoms with Crippen molar-refractivity contribution in [3.63, 3.8) is 0 Å². The molecule has 0 fully saturated rings. The van der Waals surface area contributed by atoms with Crippen molar-refractivity contribution in [2.24, 2.45) is 0 Å². The van der Waals surface area contributed by atoms with Crippen LogP contribution in [0, 0.1) is 10.1 Å². The van der Waals surface area contributed by atoms with Crippen LogP contribution in [0.3, 0.4) is 0 Å². The van der Waals surface area contributed by atoms with Crippen LogP contribution in [0.4, 0.5) is 5.69 Å². The van der Waals surface area contributed by atoms with Crippen LogP contribution >= 0.6 is 0 Å². The van der Waals surface area contributed by atoms with Gasteiger partial charge in [0.15, 0.2) is 0 Å². The third-order valence-electron chi connectivity index (χ3n) is 3.00. The molecule has 0 atom stereocenters. The minimum Gasteiger partial charge on any atom is -0.472 e. The summed E-state index contributed by atoms with van der Waals surface area (Å²) in [5, 5.41) is 11.6. The molecule has 0 radical (unpaired) electrons. The molecule has 2 aromatic carbocycles. The molecule has 1 heterocycles. The number of nitro benzene ring substituents is 1. The van der Waals surface area contributed by atoms with E-state index in [1.54, 1.807) is 12.1 Å². The van der Waals surface area contributed by atoms with Crippen molar-refractivity contribution < 1.29 is 9.66 Å². The van der Waals surface area contributed by atoms with Crippen LogP contribution in [0.5, 0.6) is 5.88 Å². The van der Waals surface area contributed by atoms with Gasteiger partial charge in [0.2, 0.25) is 5.88 Å². The van der Waals surface area contributed by atoms with Gasteiger partial charge in [0.1, 0.15) is 12.9 Å². The van der Waals surface area contributed by atoms with Gasteiger partial charge in [-0.2, -0.15) is 0 Å². The van der Waals surface area contributed by atoms with Gasteiger partial charge in [0, 0.05) is 12.1 Å². The summed E-state index contributed by atoms with van der Waals surface area (Å²) in [6.45, 7) is 0.211. The molecule has 3 rings (SSSR count). The van der Waals surface area contributed by atoms with Gasteiger partial charge in [-0.1, -0.05) is 24.3 Å². The number of hydrogen-bond acceptors (Lipinski definition) is 5. The van der Waals surface area contributed by atoms with Gasteiger partial charge >= 0.3 is 0 Å². The summed E-state index contributed by atoms with van der Waals surface area (Å²) >= 11 is 0. The first-order chi connectivity index (χ1) is 10.2. The van der Waals surface area contributed by atoms with Crippen molar-refractivity contribution in [2.45, 2.75) is 6.61 Å². The summed E-state index contributed by atoms with van der Waals surface area (Å²) in [5.74, 6) is 0.465. The average molecular weight is 281 g/mol. The summed E-state index contributed by atoms with van der Waals surface area (Å²) in [4.78, 5) is 18.6. The Hall–Kier alpha value is -3.02. The second-order valence-corrected chi connectivity index (χ2v) is 4.41. The van der Waals surface area contributed by atoms with E-state index in [2.05, 4.69) is 9.97 Å². The molecular formula is C15H11N3O3. The predicted molar refractivity (Wildman–Crippen MR) is 77.0 cm³/mol. The fourth-order valence-corrected chi connectivity index (χ4v) is 2.01. The van der Waals surface area contributed by atoms with Crippen LogP contribution in [0.2, 0.25) is 0 Å². The fourth-order valence-electron chi connectivity index (χ4n) is 2.01.